The summed E-state index contributed by atoms with van der Waals surface area (Å²) in [6, 6.07) is 8.10. The standard InChI is InChI=1S/C27H35N5OS/c1-4-6-23-29-25(24-21-12-7-18(3)17-22(21)34-26(24)30-23)31-13-15-32(16-14-31)27(33)28-20-10-8-19(5-2)9-11-20/h8-11,18H,4-7,12-17H2,1-3H3,(H,28,33). The highest BCUT2D eigenvalue weighted by Crippen LogP contribution is 2.41. The fraction of sp³-hybridized carbons (Fsp3) is 0.519. The Morgan fingerprint density at radius 3 is 2.59 bits per heavy atom. The largest absolute Gasteiger partial charge is 0.352 e. The SMILES string of the molecule is CCCc1nc(N2CCN(C(=O)Nc3ccc(CC)cc3)CC2)c2c3c(sc2n1)CC(C)CC3. The predicted molar refractivity (Wildman–Crippen MR) is 141 cm³/mol. The number of carbonyl (C=O) groups is 1. The van der Waals surface area contributed by atoms with Crippen molar-refractivity contribution in [2.24, 2.45) is 5.92 Å². The molecule has 1 N–H and O–H groups in total. The topological polar surface area (TPSA) is 61.4 Å². The number of nitrogens with zero attached hydrogens (tertiary/aromatic N) is 4. The van der Waals surface area contributed by atoms with E-state index >= 15 is 0 Å². The van der Waals surface area contributed by atoms with Crippen molar-refractivity contribution in [3.63, 3.8) is 0 Å². The van der Waals surface area contributed by atoms with Gasteiger partial charge in [0, 0.05) is 43.2 Å². The molecule has 5 rings (SSSR count). The highest BCUT2D eigenvalue weighted by molar-refractivity contribution is 7.19. The van der Waals surface area contributed by atoms with Crippen molar-refractivity contribution in [1.29, 1.82) is 0 Å². The number of aryl methyl sites for hydroxylation is 3. The van der Waals surface area contributed by atoms with Crippen molar-refractivity contribution in [3.05, 3.63) is 46.1 Å². The third kappa shape index (κ3) is 4.63. The van der Waals surface area contributed by atoms with E-state index < -0.39 is 0 Å². The van der Waals surface area contributed by atoms with Gasteiger partial charge in [-0.15, -0.1) is 11.3 Å². The van der Waals surface area contributed by atoms with Crippen molar-refractivity contribution in [1.82, 2.24) is 14.9 Å². The first kappa shape index (κ1) is 23.1. The lowest BCUT2D eigenvalue weighted by molar-refractivity contribution is 0.208. The molecule has 0 bridgehead atoms. The molecule has 1 fully saturated rings. The number of anilines is 2. The zero-order valence-electron chi connectivity index (χ0n) is 20.6. The monoisotopic (exact) mass is 477 g/mol. The highest BCUT2D eigenvalue weighted by Gasteiger charge is 2.28. The van der Waals surface area contributed by atoms with Gasteiger partial charge in [-0.1, -0.05) is 32.9 Å². The molecule has 180 valence electrons. The van der Waals surface area contributed by atoms with Crippen LogP contribution in [0.1, 0.15) is 55.4 Å². The van der Waals surface area contributed by atoms with Crippen LogP contribution in [0, 0.1) is 5.92 Å². The summed E-state index contributed by atoms with van der Waals surface area (Å²) in [5.41, 5.74) is 3.60. The molecule has 1 aliphatic carbocycles. The van der Waals surface area contributed by atoms with Crippen molar-refractivity contribution in [2.75, 3.05) is 36.4 Å². The molecule has 3 aromatic rings. The molecule has 34 heavy (non-hydrogen) atoms. The van der Waals surface area contributed by atoms with Crippen LogP contribution in [-0.4, -0.2) is 47.1 Å². The van der Waals surface area contributed by atoms with Gasteiger partial charge in [-0.05, 0) is 61.3 Å². The van der Waals surface area contributed by atoms with Crippen LogP contribution in [0.5, 0.6) is 0 Å². The molecule has 7 heteroatoms. The van der Waals surface area contributed by atoms with E-state index in [-0.39, 0.29) is 6.03 Å². The molecule has 1 aromatic carbocycles. The van der Waals surface area contributed by atoms with Gasteiger partial charge in [-0.3, -0.25) is 0 Å². The minimum absolute atomic E-state index is 0.0229. The number of thiophene rings is 1. The number of fused-ring (bicyclic) bond motifs is 3. The third-order valence-electron chi connectivity index (χ3n) is 7.14. The van der Waals surface area contributed by atoms with Crippen LogP contribution in [0.2, 0.25) is 0 Å². The van der Waals surface area contributed by atoms with E-state index in [1.54, 1.807) is 0 Å². The molecule has 1 unspecified atom stereocenters. The summed E-state index contributed by atoms with van der Waals surface area (Å²) in [4.78, 5) is 29.9. The first-order valence-corrected chi connectivity index (χ1v) is 13.6. The smallest absolute Gasteiger partial charge is 0.321 e. The minimum Gasteiger partial charge on any atom is -0.352 e. The van der Waals surface area contributed by atoms with Crippen LogP contribution in [-0.2, 0) is 25.7 Å². The number of hydrogen-bond donors (Lipinski definition) is 1. The molecular formula is C27H35N5OS. The lowest BCUT2D eigenvalue weighted by Crippen LogP contribution is -2.50. The van der Waals surface area contributed by atoms with E-state index in [1.165, 1.54) is 27.8 Å². The molecule has 1 saturated heterocycles. The average molecular weight is 478 g/mol. The zero-order chi connectivity index (χ0) is 23.7. The average Bonchev–Trinajstić information content (AvgIpc) is 3.21. The Hall–Kier alpha value is -2.67. The van der Waals surface area contributed by atoms with Gasteiger partial charge in [0.05, 0.1) is 5.39 Å². The summed E-state index contributed by atoms with van der Waals surface area (Å²) in [6.45, 7) is 9.64. The van der Waals surface area contributed by atoms with E-state index in [1.807, 2.05) is 28.4 Å². The molecule has 2 amide bonds. The normalized spacial score (nSPS) is 18.3. The van der Waals surface area contributed by atoms with Gasteiger partial charge >= 0.3 is 6.03 Å². The van der Waals surface area contributed by atoms with Gasteiger partial charge in [0.2, 0.25) is 0 Å². The van der Waals surface area contributed by atoms with Crippen LogP contribution < -0.4 is 10.2 Å². The zero-order valence-corrected chi connectivity index (χ0v) is 21.4. The van der Waals surface area contributed by atoms with Gasteiger partial charge < -0.3 is 15.1 Å². The number of hydrogen-bond acceptors (Lipinski definition) is 5. The Bertz CT molecular complexity index is 1160. The maximum atomic E-state index is 12.9. The molecule has 0 spiro atoms. The van der Waals surface area contributed by atoms with Crippen LogP contribution >= 0.6 is 11.3 Å². The number of benzene rings is 1. The second-order valence-corrected chi connectivity index (χ2v) is 10.8. The molecule has 6 nitrogen and oxygen atoms in total. The van der Waals surface area contributed by atoms with Gasteiger partial charge in [-0.25, -0.2) is 14.8 Å². The second-order valence-electron chi connectivity index (χ2n) is 9.70. The Morgan fingerprint density at radius 1 is 1.12 bits per heavy atom. The fourth-order valence-electron chi connectivity index (χ4n) is 5.08. The van der Waals surface area contributed by atoms with Crippen molar-refractivity contribution in [3.8, 4) is 0 Å². The number of piperazine rings is 1. The second kappa shape index (κ2) is 9.90. The lowest BCUT2D eigenvalue weighted by Gasteiger charge is -2.36. The Balaban J connectivity index is 1.34. The summed E-state index contributed by atoms with van der Waals surface area (Å²) in [7, 11) is 0. The molecule has 0 saturated carbocycles. The maximum absolute atomic E-state index is 12.9. The van der Waals surface area contributed by atoms with E-state index in [4.69, 9.17) is 9.97 Å². The van der Waals surface area contributed by atoms with Crippen molar-refractivity contribution in [2.45, 2.75) is 59.3 Å². The van der Waals surface area contributed by atoms with Crippen LogP contribution in [0.25, 0.3) is 10.2 Å². The number of urea groups is 1. The summed E-state index contributed by atoms with van der Waals surface area (Å²) >= 11 is 1.88. The molecule has 1 aliphatic heterocycles. The van der Waals surface area contributed by atoms with Gasteiger partial charge in [0.25, 0.3) is 0 Å². The number of amides is 2. The molecule has 3 heterocycles. The summed E-state index contributed by atoms with van der Waals surface area (Å²) < 4.78 is 0. The number of aromatic nitrogens is 2. The molecule has 2 aliphatic rings. The van der Waals surface area contributed by atoms with Gasteiger partial charge in [0.1, 0.15) is 16.5 Å². The first-order valence-electron chi connectivity index (χ1n) is 12.8. The van der Waals surface area contributed by atoms with E-state index in [2.05, 4.69) is 43.1 Å². The summed E-state index contributed by atoms with van der Waals surface area (Å²) in [6.07, 6.45) is 6.47. The number of carbonyl (C=O) groups excluding carboxylic acids is 1. The maximum Gasteiger partial charge on any atom is 0.321 e. The van der Waals surface area contributed by atoms with Gasteiger partial charge in [-0.2, -0.15) is 0 Å². The fourth-order valence-corrected chi connectivity index (χ4v) is 6.47. The highest BCUT2D eigenvalue weighted by atomic mass is 32.1. The first-order chi connectivity index (χ1) is 16.6. The molecule has 0 radical (unpaired) electrons. The van der Waals surface area contributed by atoms with E-state index in [0.717, 1.165) is 73.3 Å². The third-order valence-corrected chi connectivity index (χ3v) is 8.28. The quantitative estimate of drug-likeness (QED) is 0.513. The van der Waals surface area contributed by atoms with Crippen LogP contribution in [0.3, 0.4) is 0 Å². The van der Waals surface area contributed by atoms with Crippen LogP contribution in [0.15, 0.2) is 24.3 Å². The Labute approximate surface area is 206 Å². The molecule has 1 atom stereocenters. The Morgan fingerprint density at radius 2 is 1.88 bits per heavy atom. The lowest BCUT2D eigenvalue weighted by atomic mass is 9.89. The van der Waals surface area contributed by atoms with E-state index in [9.17, 15) is 4.79 Å². The van der Waals surface area contributed by atoms with Crippen molar-refractivity contribution < 1.29 is 4.79 Å². The summed E-state index contributed by atoms with van der Waals surface area (Å²) in [5, 5.41) is 4.34. The van der Waals surface area contributed by atoms with Crippen molar-refractivity contribution >= 4 is 39.1 Å². The van der Waals surface area contributed by atoms with Crippen LogP contribution in [0.4, 0.5) is 16.3 Å². The van der Waals surface area contributed by atoms with Gasteiger partial charge in [0.15, 0.2) is 0 Å². The minimum atomic E-state index is -0.0229. The Kier molecular flexibility index (Phi) is 6.73. The van der Waals surface area contributed by atoms with E-state index in [0.29, 0.717) is 13.1 Å². The molecule has 2 aromatic heterocycles. The summed E-state index contributed by atoms with van der Waals surface area (Å²) in [5.74, 6) is 2.79. The predicted octanol–water partition coefficient (Wildman–Crippen LogP) is 5.69. The number of rotatable bonds is 5. The molecular weight excluding hydrogens is 442 g/mol. The number of nitrogens with one attached hydrogen (secondary N) is 1.